The molecule has 80 valence electrons. The van der Waals surface area contributed by atoms with Crippen LogP contribution in [0.5, 0.6) is 0 Å². The summed E-state index contributed by atoms with van der Waals surface area (Å²) in [7, 11) is 0. The number of thiol groups is 2. The summed E-state index contributed by atoms with van der Waals surface area (Å²) in [6.45, 7) is 0. The zero-order valence-corrected chi connectivity index (χ0v) is 11.8. The van der Waals surface area contributed by atoms with Gasteiger partial charge in [0.15, 0.2) is 0 Å². The minimum absolute atomic E-state index is 0.365. The van der Waals surface area contributed by atoms with E-state index in [4.69, 9.17) is 46.4 Å². The Hall–Kier alpha value is 1.34. The molecule has 0 spiro atoms. The topological polar surface area (TPSA) is 0 Å². The number of rotatable bonds is 2. The lowest BCUT2D eigenvalue weighted by Crippen LogP contribution is -2.36. The monoisotopic (exact) mass is 308 g/mol. The minimum Gasteiger partial charge on any atom is -0.177 e. The SMILES string of the molecule is SCC1=CC(Cl)(CS)C(Cl)C(Cl)=C1Cl. The van der Waals surface area contributed by atoms with Gasteiger partial charge in [0.2, 0.25) is 0 Å². The van der Waals surface area contributed by atoms with Crippen LogP contribution in [0.1, 0.15) is 0 Å². The Kier molecular flexibility index (Phi) is 4.90. The molecule has 2 atom stereocenters. The largest absolute Gasteiger partial charge is 0.177 e. The van der Waals surface area contributed by atoms with E-state index in [2.05, 4.69) is 25.3 Å². The Labute approximate surface area is 114 Å². The highest BCUT2D eigenvalue weighted by Gasteiger charge is 2.39. The van der Waals surface area contributed by atoms with Gasteiger partial charge in [0.1, 0.15) is 0 Å². The van der Waals surface area contributed by atoms with Gasteiger partial charge in [-0.3, -0.25) is 0 Å². The summed E-state index contributed by atoms with van der Waals surface area (Å²) in [4.78, 5) is -0.780. The lowest BCUT2D eigenvalue weighted by atomic mass is 9.96. The first-order valence-electron chi connectivity index (χ1n) is 3.78. The highest BCUT2D eigenvalue weighted by Crippen LogP contribution is 2.43. The third-order valence-corrected chi connectivity index (χ3v) is 5.25. The first-order valence-corrected chi connectivity index (χ1v) is 6.61. The Balaban J connectivity index is 3.16. The van der Waals surface area contributed by atoms with Crippen LogP contribution in [0.2, 0.25) is 0 Å². The molecular formula is C8H8Cl4S2. The minimum atomic E-state index is -0.780. The van der Waals surface area contributed by atoms with Gasteiger partial charge in [-0.2, -0.15) is 25.3 Å². The Morgan fingerprint density at radius 1 is 1.36 bits per heavy atom. The molecule has 0 bridgehead atoms. The van der Waals surface area contributed by atoms with Gasteiger partial charge < -0.3 is 0 Å². The molecule has 0 heterocycles. The second-order valence-electron chi connectivity index (χ2n) is 2.94. The van der Waals surface area contributed by atoms with Crippen molar-refractivity contribution < 1.29 is 0 Å². The van der Waals surface area contributed by atoms with E-state index in [-0.39, 0.29) is 0 Å². The number of allylic oxidation sites excluding steroid dienone is 3. The smallest absolute Gasteiger partial charge is 0.0942 e. The van der Waals surface area contributed by atoms with Crippen LogP contribution in [0.3, 0.4) is 0 Å². The van der Waals surface area contributed by atoms with Crippen LogP contribution >= 0.6 is 71.7 Å². The summed E-state index contributed by atoms with van der Waals surface area (Å²) in [6, 6.07) is 0. The summed E-state index contributed by atoms with van der Waals surface area (Å²) < 4.78 is 0. The molecule has 0 N–H and O–H groups in total. The second-order valence-corrected chi connectivity index (χ2v) is 5.49. The van der Waals surface area contributed by atoms with Crippen LogP contribution in [0.4, 0.5) is 0 Å². The molecule has 0 nitrogen and oxygen atoms in total. The Morgan fingerprint density at radius 2 is 1.93 bits per heavy atom. The fourth-order valence-electron chi connectivity index (χ4n) is 1.14. The van der Waals surface area contributed by atoms with Crippen molar-refractivity contribution in [3.05, 3.63) is 21.7 Å². The third-order valence-electron chi connectivity index (χ3n) is 1.96. The van der Waals surface area contributed by atoms with Gasteiger partial charge in [0.05, 0.1) is 20.3 Å². The lowest BCUT2D eigenvalue weighted by Gasteiger charge is -2.32. The third kappa shape index (κ3) is 2.36. The molecular weight excluding hydrogens is 302 g/mol. The second kappa shape index (κ2) is 5.11. The zero-order valence-electron chi connectivity index (χ0n) is 6.98. The number of halogens is 4. The molecule has 0 radical (unpaired) electrons. The van der Waals surface area contributed by atoms with Crippen molar-refractivity contribution in [1.29, 1.82) is 0 Å². The van der Waals surface area contributed by atoms with E-state index in [1.165, 1.54) is 0 Å². The molecule has 6 heteroatoms. The molecule has 0 amide bonds. The molecule has 0 saturated heterocycles. The highest BCUT2D eigenvalue weighted by atomic mass is 35.5. The van der Waals surface area contributed by atoms with Crippen molar-refractivity contribution in [2.75, 3.05) is 11.5 Å². The molecule has 2 unspecified atom stereocenters. The van der Waals surface area contributed by atoms with Crippen LogP contribution in [-0.4, -0.2) is 21.8 Å². The molecule has 1 aliphatic carbocycles. The predicted octanol–water partition coefficient (Wildman–Crippen LogP) is 4.06. The van der Waals surface area contributed by atoms with Gasteiger partial charge in [0.25, 0.3) is 0 Å². The lowest BCUT2D eigenvalue weighted by molar-refractivity contribution is 0.785. The van der Waals surface area contributed by atoms with E-state index >= 15 is 0 Å². The predicted molar refractivity (Wildman–Crippen MR) is 72.7 cm³/mol. The molecule has 14 heavy (non-hydrogen) atoms. The molecule has 0 fully saturated rings. The van der Waals surface area contributed by atoms with Crippen molar-refractivity contribution in [3.63, 3.8) is 0 Å². The van der Waals surface area contributed by atoms with Crippen molar-refractivity contribution in [1.82, 2.24) is 0 Å². The standard InChI is InChI=1S/C8H8Cl4S2/c9-5-4(2-13)1-8(12,3-14)7(11)6(5)10/h1,7,13-14H,2-3H2. The summed E-state index contributed by atoms with van der Waals surface area (Å²) >= 11 is 32.6. The van der Waals surface area contributed by atoms with Crippen molar-refractivity contribution in [2.45, 2.75) is 10.3 Å². The normalized spacial score (nSPS) is 33.3. The summed E-state index contributed by atoms with van der Waals surface area (Å²) in [6.07, 6.45) is 1.78. The first-order chi connectivity index (χ1) is 6.46. The zero-order chi connectivity index (χ0) is 10.9. The van der Waals surface area contributed by atoms with Crippen LogP contribution in [0, 0.1) is 0 Å². The van der Waals surface area contributed by atoms with Crippen LogP contribution in [0.15, 0.2) is 21.7 Å². The van der Waals surface area contributed by atoms with E-state index in [1.807, 2.05) is 0 Å². The highest BCUT2D eigenvalue weighted by molar-refractivity contribution is 7.80. The first kappa shape index (κ1) is 13.4. The van der Waals surface area contributed by atoms with E-state index in [1.54, 1.807) is 6.08 Å². The molecule has 0 aromatic heterocycles. The molecule has 0 saturated carbocycles. The maximum Gasteiger partial charge on any atom is 0.0942 e. The fourth-order valence-corrected chi connectivity index (χ4v) is 3.01. The van der Waals surface area contributed by atoms with E-state index < -0.39 is 10.3 Å². The van der Waals surface area contributed by atoms with Gasteiger partial charge in [-0.1, -0.05) is 29.3 Å². The van der Waals surface area contributed by atoms with E-state index in [0.29, 0.717) is 21.6 Å². The number of hydrogen-bond donors (Lipinski definition) is 2. The molecule has 0 aromatic carbocycles. The van der Waals surface area contributed by atoms with Gasteiger partial charge in [-0.25, -0.2) is 0 Å². The molecule has 1 aliphatic rings. The maximum absolute atomic E-state index is 6.25. The molecule has 0 aromatic rings. The maximum atomic E-state index is 6.25. The van der Waals surface area contributed by atoms with Crippen molar-refractivity contribution in [3.8, 4) is 0 Å². The van der Waals surface area contributed by atoms with Crippen LogP contribution in [0.25, 0.3) is 0 Å². The Morgan fingerprint density at radius 3 is 2.36 bits per heavy atom. The van der Waals surface area contributed by atoms with Gasteiger partial charge >= 0.3 is 0 Å². The van der Waals surface area contributed by atoms with Crippen molar-refractivity contribution >= 4 is 71.7 Å². The van der Waals surface area contributed by atoms with Crippen LogP contribution in [-0.2, 0) is 0 Å². The summed E-state index contributed by atoms with van der Waals surface area (Å²) in [5, 5.41) is 0.267. The van der Waals surface area contributed by atoms with Gasteiger partial charge in [-0.15, -0.1) is 23.2 Å². The van der Waals surface area contributed by atoms with E-state index in [9.17, 15) is 0 Å². The molecule has 0 aliphatic heterocycles. The fraction of sp³-hybridized carbons (Fsp3) is 0.500. The average molecular weight is 310 g/mol. The molecule has 1 rings (SSSR count). The van der Waals surface area contributed by atoms with Crippen molar-refractivity contribution in [2.24, 2.45) is 0 Å². The van der Waals surface area contributed by atoms with Gasteiger partial charge in [0, 0.05) is 11.5 Å². The number of hydrogen-bond acceptors (Lipinski definition) is 2. The van der Waals surface area contributed by atoms with E-state index in [0.717, 1.165) is 5.57 Å². The average Bonchev–Trinajstić information content (AvgIpc) is 2.20. The Bertz CT molecular complexity index is 300. The summed E-state index contributed by atoms with van der Waals surface area (Å²) in [5.74, 6) is 0.862. The van der Waals surface area contributed by atoms with Crippen LogP contribution < -0.4 is 0 Å². The van der Waals surface area contributed by atoms with Gasteiger partial charge in [-0.05, 0) is 5.57 Å². The number of alkyl halides is 2. The summed E-state index contributed by atoms with van der Waals surface area (Å²) in [5.41, 5.74) is 0.793. The quantitative estimate of drug-likeness (QED) is 0.558.